The van der Waals surface area contributed by atoms with Crippen molar-refractivity contribution in [1.29, 1.82) is 0 Å². The minimum absolute atomic E-state index is 1.25. The molecule has 0 radical (unpaired) electrons. The topological polar surface area (TPSA) is 0 Å². The highest BCUT2D eigenvalue weighted by molar-refractivity contribution is 7.37. The zero-order chi connectivity index (χ0) is 13.2. The molecule has 17 heavy (non-hydrogen) atoms. The Morgan fingerprint density at radius 2 is 0.882 bits per heavy atom. The summed E-state index contributed by atoms with van der Waals surface area (Å²) in [6, 6.07) is 0. The molecule has 0 nitrogen and oxygen atoms in total. The molecule has 0 aromatic carbocycles. The monoisotopic (exact) mass is 260 g/mol. The summed E-state index contributed by atoms with van der Waals surface area (Å²) in [7, 11) is 1.25. The first-order chi connectivity index (χ1) is 8.33. The maximum absolute atomic E-state index is 2.28. The van der Waals surface area contributed by atoms with Gasteiger partial charge in [0.2, 0.25) is 0 Å². The van der Waals surface area contributed by atoms with E-state index in [0.717, 1.165) is 0 Å². The molecule has 0 bridgehead atoms. The normalized spacial score (nSPS) is 9.88. The van der Waals surface area contributed by atoms with E-state index in [4.69, 9.17) is 0 Å². The van der Waals surface area contributed by atoms with Gasteiger partial charge in [0.25, 0.3) is 0 Å². The van der Waals surface area contributed by atoms with E-state index < -0.39 is 0 Å². The average molecular weight is 260 g/mol. The first kappa shape index (κ1) is 19.8. The van der Waals surface area contributed by atoms with Gasteiger partial charge < -0.3 is 0 Å². The van der Waals surface area contributed by atoms with Gasteiger partial charge in [0, 0.05) is 0 Å². The molecule has 0 amide bonds. The van der Waals surface area contributed by atoms with E-state index in [-0.39, 0.29) is 0 Å². The van der Waals surface area contributed by atoms with E-state index in [2.05, 4.69) is 27.7 Å². The third-order valence-electron chi connectivity index (χ3n) is 2.91. The number of hydrogen-bond acceptors (Lipinski definition) is 0. The Morgan fingerprint density at radius 1 is 0.471 bits per heavy atom. The van der Waals surface area contributed by atoms with Gasteiger partial charge in [-0.25, -0.2) is 0 Å². The van der Waals surface area contributed by atoms with Crippen molar-refractivity contribution in [2.75, 3.05) is 12.3 Å². The lowest BCUT2D eigenvalue weighted by Gasteiger charge is -2.01. The van der Waals surface area contributed by atoms with Crippen molar-refractivity contribution in [3.63, 3.8) is 0 Å². The van der Waals surface area contributed by atoms with Gasteiger partial charge in [-0.2, -0.15) is 0 Å². The maximum atomic E-state index is 2.28. The van der Waals surface area contributed by atoms with Crippen molar-refractivity contribution in [3.8, 4) is 0 Å². The molecule has 0 aliphatic carbocycles. The first-order valence-electron chi connectivity index (χ1n) is 8.04. The van der Waals surface area contributed by atoms with E-state index in [1.165, 1.54) is 85.1 Å². The van der Waals surface area contributed by atoms with Gasteiger partial charge in [-0.15, -0.1) is 8.58 Å². The molecule has 0 N–H and O–H groups in total. The third-order valence-corrected chi connectivity index (χ3v) is 4.33. The van der Waals surface area contributed by atoms with Crippen molar-refractivity contribution in [2.24, 2.45) is 0 Å². The Balaban J connectivity index is 0. The van der Waals surface area contributed by atoms with Crippen LogP contribution in [0.25, 0.3) is 0 Å². The predicted octanol–water partition coefficient (Wildman–Crippen LogP) is 6.63. The largest absolute Gasteiger partial charge is 0.122 e. The predicted molar refractivity (Wildman–Crippen MR) is 86.9 cm³/mol. The Labute approximate surface area is 113 Å². The van der Waals surface area contributed by atoms with Crippen LogP contribution in [-0.2, 0) is 0 Å². The molecule has 1 heteroatoms. The van der Waals surface area contributed by atoms with E-state index >= 15 is 0 Å². The SMILES string of the molecule is CCCC.CCCCCCPCCCCCC. The summed E-state index contributed by atoms with van der Waals surface area (Å²) in [4.78, 5) is 0. The molecule has 0 rings (SSSR count). The maximum Gasteiger partial charge on any atom is -0.0353 e. The second kappa shape index (κ2) is 21.7. The smallest absolute Gasteiger partial charge is 0.0353 e. The molecule has 0 unspecified atom stereocenters. The van der Waals surface area contributed by atoms with Crippen LogP contribution in [0.5, 0.6) is 0 Å². The molecular weight excluding hydrogens is 223 g/mol. The van der Waals surface area contributed by atoms with Crippen LogP contribution in [0.1, 0.15) is 91.9 Å². The molecule has 0 aromatic heterocycles. The zero-order valence-electron chi connectivity index (χ0n) is 13.0. The van der Waals surface area contributed by atoms with Gasteiger partial charge in [-0.05, 0) is 25.2 Å². The lowest BCUT2D eigenvalue weighted by atomic mass is 10.2. The van der Waals surface area contributed by atoms with Gasteiger partial charge >= 0.3 is 0 Å². The van der Waals surface area contributed by atoms with Crippen LogP contribution in [0.2, 0.25) is 0 Å². The van der Waals surface area contributed by atoms with Crippen molar-refractivity contribution < 1.29 is 0 Å². The van der Waals surface area contributed by atoms with Crippen LogP contribution in [0.3, 0.4) is 0 Å². The van der Waals surface area contributed by atoms with Crippen molar-refractivity contribution >= 4 is 8.58 Å². The summed E-state index contributed by atoms with van der Waals surface area (Å²) in [6.07, 6.45) is 17.2. The Hall–Kier alpha value is 0.430. The highest BCUT2D eigenvalue weighted by atomic mass is 31.1. The molecule has 106 valence electrons. The Bertz CT molecular complexity index is 89.7. The Kier molecular flexibility index (Phi) is 25.2. The summed E-state index contributed by atoms with van der Waals surface area (Å²) in [5.41, 5.74) is 0. The van der Waals surface area contributed by atoms with Crippen molar-refractivity contribution in [3.05, 3.63) is 0 Å². The van der Waals surface area contributed by atoms with Crippen LogP contribution in [0.4, 0.5) is 0 Å². The van der Waals surface area contributed by atoms with Gasteiger partial charge in [-0.1, -0.05) is 79.1 Å². The van der Waals surface area contributed by atoms with Crippen molar-refractivity contribution in [2.45, 2.75) is 91.9 Å². The van der Waals surface area contributed by atoms with Gasteiger partial charge in [-0.3, -0.25) is 0 Å². The van der Waals surface area contributed by atoms with Crippen LogP contribution in [-0.4, -0.2) is 12.3 Å². The van der Waals surface area contributed by atoms with E-state index in [1.807, 2.05) is 0 Å². The fourth-order valence-corrected chi connectivity index (χ4v) is 2.73. The van der Waals surface area contributed by atoms with Gasteiger partial charge in [0.15, 0.2) is 0 Å². The lowest BCUT2D eigenvalue weighted by molar-refractivity contribution is 0.698. The van der Waals surface area contributed by atoms with Crippen LogP contribution < -0.4 is 0 Å². The third kappa shape index (κ3) is 26.2. The molecule has 0 fully saturated rings. The van der Waals surface area contributed by atoms with E-state index in [1.54, 1.807) is 0 Å². The van der Waals surface area contributed by atoms with Crippen LogP contribution in [0, 0.1) is 0 Å². The van der Waals surface area contributed by atoms with Gasteiger partial charge in [0.05, 0.1) is 0 Å². The Morgan fingerprint density at radius 3 is 1.18 bits per heavy atom. The van der Waals surface area contributed by atoms with Gasteiger partial charge in [0.1, 0.15) is 0 Å². The molecule has 0 heterocycles. The fourth-order valence-electron chi connectivity index (χ4n) is 1.48. The summed E-state index contributed by atoms with van der Waals surface area (Å²) in [6.45, 7) is 8.93. The first-order valence-corrected chi connectivity index (χ1v) is 9.45. The second-order valence-corrected chi connectivity index (χ2v) is 6.37. The molecular formula is C16H37P. The molecule has 0 aliphatic rings. The molecule has 0 saturated carbocycles. The van der Waals surface area contributed by atoms with Crippen molar-refractivity contribution in [1.82, 2.24) is 0 Å². The summed E-state index contributed by atoms with van der Waals surface area (Å²) in [5, 5.41) is 0. The standard InChI is InChI=1S/C12H27P.C4H10/c1-3-5-7-9-11-13-12-10-8-6-4-2;1-3-4-2/h13H,3-12H2,1-2H3;3-4H2,1-2H3. The summed E-state index contributed by atoms with van der Waals surface area (Å²) >= 11 is 0. The van der Waals surface area contributed by atoms with E-state index in [9.17, 15) is 0 Å². The quantitative estimate of drug-likeness (QED) is 0.289. The van der Waals surface area contributed by atoms with E-state index in [0.29, 0.717) is 0 Å². The van der Waals surface area contributed by atoms with Crippen LogP contribution in [0.15, 0.2) is 0 Å². The zero-order valence-corrected chi connectivity index (χ0v) is 14.0. The molecule has 0 atom stereocenters. The lowest BCUT2D eigenvalue weighted by Crippen LogP contribution is -1.83. The highest BCUT2D eigenvalue weighted by Crippen LogP contribution is 2.16. The minimum Gasteiger partial charge on any atom is -0.122 e. The molecule has 0 aromatic rings. The number of unbranched alkanes of at least 4 members (excludes halogenated alkanes) is 7. The summed E-state index contributed by atoms with van der Waals surface area (Å²) in [5.74, 6) is 0. The molecule has 0 spiro atoms. The molecule has 0 aliphatic heterocycles. The summed E-state index contributed by atoms with van der Waals surface area (Å²) < 4.78 is 0. The number of hydrogen-bond donors (Lipinski definition) is 0. The highest BCUT2D eigenvalue weighted by Gasteiger charge is 1.90. The fraction of sp³-hybridized carbons (Fsp3) is 1.00. The van der Waals surface area contributed by atoms with Crippen LogP contribution >= 0.6 is 8.58 Å². The minimum atomic E-state index is 1.25. The molecule has 0 saturated heterocycles. The number of rotatable bonds is 11. The average Bonchev–Trinajstić information content (AvgIpc) is 2.37. The second-order valence-electron chi connectivity index (χ2n) is 4.87.